The number of halogens is 3. The second-order valence-electron chi connectivity index (χ2n) is 5.00. The highest BCUT2D eigenvalue weighted by Crippen LogP contribution is 2.24. The summed E-state index contributed by atoms with van der Waals surface area (Å²) in [6.07, 6.45) is 0.485. The minimum atomic E-state index is -4.59. The summed E-state index contributed by atoms with van der Waals surface area (Å²) in [6.45, 7) is 1.87. The third-order valence-corrected chi connectivity index (χ3v) is 5.46. The molecule has 0 N–H and O–H groups in total. The minimum Gasteiger partial charge on any atom is -0.468 e. The Hall–Kier alpha value is -1.23. The largest absolute Gasteiger partial charge is 0.468 e. The first-order chi connectivity index (χ1) is 10.1. The molecule has 8 heteroatoms. The SMILES string of the molecule is C#CCC(CC)CCC(C(=O)OC)S(=O)(=O)CCC(F)(F)F. The van der Waals surface area contributed by atoms with Crippen LogP contribution in [0.3, 0.4) is 0 Å². The number of terminal acetylenes is 1. The molecule has 22 heavy (non-hydrogen) atoms. The van der Waals surface area contributed by atoms with E-state index in [0.717, 1.165) is 7.11 Å². The quantitative estimate of drug-likeness (QED) is 0.477. The van der Waals surface area contributed by atoms with Crippen LogP contribution in [0.1, 0.15) is 39.0 Å². The maximum Gasteiger partial charge on any atom is 0.390 e. The van der Waals surface area contributed by atoms with Crippen molar-refractivity contribution in [2.45, 2.75) is 50.5 Å². The molecule has 0 aliphatic carbocycles. The highest BCUT2D eigenvalue weighted by atomic mass is 32.2. The van der Waals surface area contributed by atoms with E-state index in [1.165, 1.54) is 0 Å². The molecule has 0 saturated heterocycles. The summed E-state index contributed by atoms with van der Waals surface area (Å²) in [6, 6.07) is 0. The fraction of sp³-hybridized carbons (Fsp3) is 0.786. The highest BCUT2D eigenvalue weighted by molar-refractivity contribution is 7.92. The van der Waals surface area contributed by atoms with Crippen LogP contribution in [0.25, 0.3) is 0 Å². The van der Waals surface area contributed by atoms with Crippen LogP contribution in [0.5, 0.6) is 0 Å². The number of alkyl halides is 3. The number of carbonyl (C=O) groups is 1. The zero-order valence-electron chi connectivity index (χ0n) is 12.6. The van der Waals surface area contributed by atoms with Crippen molar-refractivity contribution in [2.75, 3.05) is 12.9 Å². The van der Waals surface area contributed by atoms with E-state index in [1.807, 2.05) is 6.92 Å². The Kier molecular flexibility index (Phi) is 8.53. The Balaban J connectivity index is 4.97. The molecule has 0 spiro atoms. The van der Waals surface area contributed by atoms with Gasteiger partial charge < -0.3 is 4.74 Å². The average Bonchev–Trinajstić information content (AvgIpc) is 2.43. The van der Waals surface area contributed by atoms with Crippen LogP contribution < -0.4 is 0 Å². The lowest BCUT2D eigenvalue weighted by molar-refractivity contribution is -0.140. The van der Waals surface area contributed by atoms with Crippen molar-refractivity contribution in [3.05, 3.63) is 0 Å². The lowest BCUT2D eigenvalue weighted by atomic mass is 9.96. The van der Waals surface area contributed by atoms with Crippen molar-refractivity contribution in [3.8, 4) is 12.3 Å². The van der Waals surface area contributed by atoms with Crippen LogP contribution in [-0.4, -0.2) is 38.7 Å². The predicted molar refractivity (Wildman–Crippen MR) is 76.7 cm³/mol. The Labute approximate surface area is 129 Å². The van der Waals surface area contributed by atoms with Gasteiger partial charge >= 0.3 is 12.1 Å². The van der Waals surface area contributed by atoms with Gasteiger partial charge in [0.25, 0.3) is 0 Å². The molecular weight excluding hydrogens is 321 g/mol. The van der Waals surface area contributed by atoms with Gasteiger partial charge in [-0.3, -0.25) is 4.79 Å². The molecule has 2 unspecified atom stereocenters. The van der Waals surface area contributed by atoms with Gasteiger partial charge in [-0.2, -0.15) is 13.2 Å². The van der Waals surface area contributed by atoms with Crippen molar-refractivity contribution < 1.29 is 31.1 Å². The van der Waals surface area contributed by atoms with Gasteiger partial charge in [0, 0.05) is 6.42 Å². The molecule has 4 nitrogen and oxygen atoms in total. The number of hydrogen-bond acceptors (Lipinski definition) is 4. The Morgan fingerprint density at radius 3 is 2.32 bits per heavy atom. The number of methoxy groups -OCH3 is 1. The molecule has 0 bridgehead atoms. The molecule has 0 aromatic rings. The third kappa shape index (κ3) is 7.69. The smallest absolute Gasteiger partial charge is 0.390 e. The van der Waals surface area contributed by atoms with Crippen molar-refractivity contribution in [3.63, 3.8) is 0 Å². The van der Waals surface area contributed by atoms with Crippen LogP contribution in [0.15, 0.2) is 0 Å². The van der Waals surface area contributed by atoms with Gasteiger partial charge in [-0.05, 0) is 18.8 Å². The number of sulfone groups is 1. The Bertz CT molecular complexity index is 491. The van der Waals surface area contributed by atoms with Gasteiger partial charge in [-0.25, -0.2) is 8.42 Å². The van der Waals surface area contributed by atoms with Crippen molar-refractivity contribution in [1.29, 1.82) is 0 Å². The molecular formula is C14H21F3O4S. The summed E-state index contributed by atoms with van der Waals surface area (Å²) in [5, 5.41) is -1.58. The second kappa shape index (κ2) is 9.03. The minimum absolute atomic E-state index is 0.0231. The number of carbonyl (C=O) groups excluding carboxylic acids is 1. The molecule has 0 amide bonds. The monoisotopic (exact) mass is 342 g/mol. The predicted octanol–water partition coefficient (Wildman–Crippen LogP) is 2.72. The normalized spacial score (nSPS) is 14.9. The molecule has 0 aromatic carbocycles. The molecule has 0 aliphatic heterocycles. The fourth-order valence-corrected chi connectivity index (χ4v) is 3.67. The lowest BCUT2D eigenvalue weighted by Gasteiger charge is -2.18. The zero-order chi connectivity index (χ0) is 17.4. The van der Waals surface area contributed by atoms with E-state index in [0.29, 0.717) is 19.3 Å². The summed E-state index contributed by atoms with van der Waals surface area (Å²) in [4.78, 5) is 11.6. The topological polar surface area (TPSA) is 60.4 Å². The van der Waals surface area contributed by atoms with E-state index in [1.54, 1.807) is 0 Å². The van der Waals surface area contributed by atoms with E-state index in [4.69, 9.17) is 6.42 Å². The summed E-state index contributed by atoms with van der Waals surface area (Å²) >= 11 is 0. The van der Waals surface area contributed by atoms with E-state index >= 15 is 0 Å². The van der Waals surface area contributed by atoms with Crippen LogP contribution in [0.4, 0.5) is 13.2 Å². The summed E-state index contributed by atoms with van der Waals surface area (Å²) in [7, 11) is -3.22. The Morgan fingerprint density at radius 2 is 1.91 bits per heavy atom. The number of rotatable bonds is 9. The summed E-state index contributed by atoms with van der Waals surface area (Å²) in [5.41, 5.74) is 0. The molecule has 0 saturated carbocycles. The van der Waals surface area contributed by atoms with Gasteiger partial charge in [0.2, 0.25) is 0 Å². The van der Waals surface area contributed by atoms with Gasteiger partial charge in [-0.1, -0.05) is 13.3 Å². The Morgan fingerprint density at radius 1 is 1.32 bits per heavy atom. The van der Waals surface area contributed by atoms with Crippen molar-refractivity contribution in [2.24, 2.45) is 5.92 Å². The summed E-state index contributed by atoms with van der Waals surface area (Å²) in [5.74, 6) is 0.326. The van der Waals surface area contributed by atoms with Crippen LogP contribution in [-0.2, 0) is 19.4 Å². The maximum atomic E-state index is 12.2. The summed E-state index contributed by atoms with van der Waals surface area (Å²) < 4.78 is 65.0. The molecule has 0 aromatic heterocycles. The first-order valence-corrected chi connectivity index (χ1v) is 8.58. The number of ether oxygens (including phenoxy) is 1. The second-order valence-corrected chi connectivity index (χ2v) is 7.31. The first kappa shape index (κ1) is 20.8. The van der Waals surface area contributed by atoms with Crippen molar-refractivity contribution >= 4 is 15.8 Å². The van der Waals surface area contributed by atoms with Gasteiger partial charge in [0.05, 0.1) is 19.3 Å². The molecule has 0 aliphatic rings. The molecule has 0 radical (unpaired) electrons. The molecule has 2 atom stereocenters. The molecule has 0 fully saturated rings. The molecule has 0 heterocycles. The fourth-order valence-electron chi connectivity index (χ4n) is 1.98. The van der Waals surface area contributed by atoms with Crippen molar-refractivity contribution in [1.82, 2.24) is 0 Å². The van der Waals surface area contributed by atoms with Crippen LogP contribution in [0.2, 0.25) is 0 Å². The number of esters is 1. The van der Waals surface area contributed by atoms with Gasteiger partial charge in [0.15, 0.2) is 15.1 Å². The van der Waals surface area contributed by atoms with E-state index in [9.17, 15) is 26.4 Å². The van der Waals surface area contributed by atoms with Crippen LogP contribution in [0, 0.1) is 18.3 Å². The standard InChI is InChI=1S/C14H21F3O4S/c1-4-6-11(5-2)7-8-12(13(18)21-3)22(19,20)10-9-14(15,16)17/h1,11-12H,5-10H2,2-3H3. The maximum absolute atomic E-state index is 12.2. The average molecular weight is 342 g/mol. The van der Waals surface area contributed by atoms with Gasteiger partial charge in [0.1, 0.15) is 0 Å². The molecule has 128 valence electrons. The third-order valence-electron chi connectivity index (χ3n) is 3.39. The zero-order valence-corrected chi connectivity index (χ0v) is 13.5. The first-order valence-electron chi connectivity index (χ1n) is 6.87. The lowest BCUT2D eigenvalue weighted by Crippen LogP contribution is -2.35. The van der Waals surface area contributed by atoms with E-state index < -0.39 is 39.4 Å². The van der Waals surface area contributed by atoms with E-state index in [2.05, 4.69) is 10.7 Å². The molecule has 0 rings (SSSR count). The van der Waals surface area contributed by atoms with E-state index in [-0.39, 0.29) is 12.3 Å². The van der Waals surface area contributed by atoms with Crippen LogP contribution >= 0.6 is 0 Å². The number of hydrogen-bond donors (Lipinski definition) is 0. The highest BCUT2D eigenvalue weighted by Gasteiger charge is 2.37. The van der Waals surface area contributed by atoms with Gasteiger partial charge in [-0.15, -0.1) is 12.3 Å².